The standard InChI is InChI=1S/C26H33N5O3S/c1-2-23(26(32)29-18-16-28(17-19-29)25-8-4-5-12-27-25)31-15-11-21-20-22(9-10-24(21)31)35(33,34)30-13-6-3-7-14-30/h4-5,8-12,15,20,23H,2-3,6-7,13-14,16-19H2,1H3/t23-/m1/s1. The van der Waals surface area contributed by atoms with Crippen LogP contribution in [0, 0.1) is 0 Å². The third-order valence-corrected chi connectivity index (χ3v) is 9.11. The molecular formula is C26H33N5O3S. The second-order valence-corrected chi connectivity index (χ2v) is 11.3. The molecular weight excluding hydrogens is 462 g/mol. The van der Waals surface area contributed by atoms with E-state index in [2.05, 4.69) is 9.88 Å². The summed E-state index contributed by atoms with van der Waals surface area (Å²) in [6, 6.07) is 12.8. The number of piperazine rings is 1. The van der Waals surface area contributed by atoms with E-state index in [1.54, 1.807) is 22.6 Å². The molecule has 0 N–H and O–H groups in total. The van der Waals surface area contributed by atoms with Crippen molar-refractivity contribution in [1.82, 2.24) is 18.8 Å². The van der Waals surface area contributed by atoms with Crippen LogP contribution in [0.5, 0.6) is 0 Å². The van der Waals surface area contributed by atoms with Gasteiger partial charge < -0.3 is 14.4 Å². The topological polar surface area (TPSA) is 78.8 Å². The number of nitrogens with zero attached hydrogens (tertiary/aromatic N) is 5. The van der Waals surface area contributed by atoms with Crippen LogP contribution in [0.3, 0.4) is 0 Å². The van der Waals surface area contributed by atoms with Crippen LogP contribution in [0.25, 0.3) is 10.9 Å². The van der Waals surface area contributed by atoms with E-state index in [4.69, 9.17) is 0 Å². The largest absolute Gasteiger partial charge is 0.353 e. The van der Waals surface area contributed by atoms with Gasteiger partial charge in [0.2, 0.25) is 15.9 Å². The maximum atomic E-state index is 13.5. The van der Waals surface area contributed by atoms with Crippen LogP contribution in [0.1, 0.15) is 38.6 Å². The van der Waals surface area contributed by atoms with Crippen LogP contribution >= 0.6 is 0 Å². The summed E-state index contributed by atoms with van der Waals surface area (Å²) >= 11 is 0. The quantitative estimate of drug-likeness (QED) is 0.523. The zero-order valence-corrected chi connectivity index (χ0v) is 21.0. The average molecular weight is 496 g/mol. The molecule has 0 radical (unpaired) electrons. The van der Waals surface area contributed by atoms with Crippen molar-refractivity contribution in [2.45, 2.75) is 43.5 Å². The fraction of sp³-hybridized carbons (Fsp3) is 0.462. The van der Waals surface area contributed by atoms with E-state index in [0.29, 0.717) is 37.5 Å². The molecule has 9 heteroatoms. The smallest absolute Gasteiger partial charge is 0.245 e. The Morgan fingerprint density at radius 3 is 2.43 bits per heavy atom. The van der Waals surface area contributed by atoms with Crippen LogP contribution in [0.4, 0.5) is 5.82 Å². The monoisotopic (exact) mass is 495 g/mol. The molecule has 1 aromatic carbocycles. The van der Waals surface area contributed by atoms with Crippen LogP contribution in [0.2, 0.25) is 0 Å². The van der Waals surface area contributed by atoms with Crippen LogP contribution in [-0.2, 0) is 14.8 Å². The Morgan fingerprint density at radius 1 is 0.971 bits per heavy atom. The van der Waals surface area contributed by atoms with E-state index >= 15 is 0 Å². The summed E-state index contributed by atoms with van der Waals surface area (Å²) in [6.45, 7) is 6.01. The summed E-state index contributed by atoms with van der Waals surface area (Å²) in [6.07, 6.45) is 7.27. The van der Waals surface area contributed by atoms with Crippen molar-refractivity contribution in [3.63, 3.8) is 0 Å². The molecule has 0 spiro atoms. The minimum Gasteiger partial charge on any atom is -0.353 e. The Kier molecular flexibility index (Phi) is 6.80. The van der Waals surface area contributed by atoms with Crippen molar-refractivity contribution in [3.05, 3.63) is 54.9 Å². The number of sulfonamides is 1. The number of fused-ring (bicyclic) bond motifs is 1. The lowest BCUT2D eigenvalue weighted by Crippen LogP contribution is -2.50. The summed E-state index contributed by atoms with van der Waals surface area (Å²) < 4.78 is 29.8. The highest BCUT2D eigenvalue weighted by molar-refractivity contribution is 7.89. The van der Waals surface area contributed by atoms with E-state index in [0.717, 1.165) is 49.1 Å². The number of aromatic nitrogens is 2. The summed E-state index contributed by atoms with van der Waals surface area (Å²) in [5.74, 6) is 1.05. The summed E-state index contributed by atoms with van der Waals surface area (Å²) in [5, 5.41) is 0.842. The van der Waals surface area contributed by atoms with E-state index in [9.17, 15) is 13.2 Å². The molecule has 35 heavy (non-hydrogen) atoms. The first-order valence-electron chi connectivity index (χ1n) is 12.5. The summed E-state index contributed by atoms with van der Waals surface area (Å²) in [5.41, 5.74) is 0.884. The Balaban J connectivity index is 1.33. The second kappa shape index (κ2) is 9.99. The lowest BCUT2D eigenvalue weighted by molar-refractivity contribution is -0.135. The van der Waals surface area contributed by atoms with E-state index in [-0.39, 0.29) is 11.9 Å². The predicted molar refractivity (Wildman–Crippen MR) is 137 cm³/mol. The van der Waals surface area contributed by atoms with Crippen molar-refractivity contribution in [2.75, 3.05) is 44.2 Å². The molecule has 0 aliphatic carbocycles. The fourth-order valence-corrected chi connectivity index (χ4v) is 6.78. The maximum Gasteiger partial charge on any atom is 0.245 e. The molecule has 3 aromatic rings. The lowest BCUT2D eigenvalue weighted by Gasteiger charge is -2.37. The van der Waals surface area contributed by atoms with Crippen molar-refractivity contribution >= 4 is 32.7 Å². The number of piperidine rings is 1. The number of pyridine rings is 1. The fourth-order valence-electron chi connectivity index (χ4n) is 5.23. The first-order chi connectivity index (χ1) is 17.0. The Morgan fingerprint density at radius 2 is 1.74 bits per heavy atom. The Bertz CT molecular complexity index is 1280. The van der Waals surface area contributed by atoms with Gasteiger partial charge in [-0.25, -0.2) is 13.4 Å². The molecule has 4 heterocycles. The van der Waals surface area contributed by atoms with Gasteiger partial charge in [0.05, 0.1) is 4.90 Å². The number of anilines is 1. The molecule has 0 unspecified atom stereocenters. The summed E-state index contributed by atoms with van der Waals surface area (Å²) in [4.78, 5) is 22.4. The molecule has 2 saturated heterocycles. The zero-order chi connectivity index (χ0) is 24.4. The van der Waals surface area contributed by atoms with Crippen LogP contribution < -0.4 is 4.90 Å². The van der Waals surface area contributed by atoms with E-state index < -0.39 is 10.0 Å². The Hall–Kier alpha value is -2.91. The first kappa shape index (κ1) is 23.8. The Labute approximate surface area is 207 Å². The van der Waals surface area contributed by atoms with Crippen LogP contribution in [-0.4, -0.2) is 72.3 Å². The lowest BCUT2D eigenvalue weighted by atomic mass is 10.1. The number of hydrogen-bond acceptors (Lipinski definition) is 5. The highest BCUT2D eigenvalue weighted by Gasteiger charge is 2.30. The van der Waals surface area contributed by atoms with Crippen molar-refractivity contribution in [1.29, 1.82) is 0 Å². The van der Waals surface area contributed by atoms with Crippen molar-refractivity contribution in [3.8, 4) is 0 Å². The van der Waals surface area contributed by atoms with Gasteiger partial charge in [-0.05, 0) is 55.7 Å². The molecule has 8 nitrogen and oxygen atoms in total. The number of amides is 1. The van der Waals surface area contributed by atoms with Gasteiger partial charge in [-0.15, -0.1) is 0 Å². The summed E-state index contributed by atoms with van der Waals surface area (Å²) in [7, 11) is -3.49. The van der Waals surface area contributed by atoms with Crippen LogP contribution in [0.15, 0.2) is 59.8 Å². The SMILES string of the molecule is CC[C@H](C(=O)N1CCN(c2ccccn2)CC1)n1ccc2cc(S(=O)(=O)N3CCCCC3)ccc21. The van der Waals surface area contributed by atoms with Gasteiger partial charge in [-0.1, -0.05) is 19.4 Å². The molecule has 0 bridgehead atoms. The van der Waals surface area contributed by atoms with Crippen molar-refractivity contribution in [2.24, 2.45) is 0 Å². The normalized spacial score (nSPS) is 18.7. The average Bonchev–Trinajstić information content (AvgIpc) is 3.33. The molecule has 2 fully saturated rings. The second-order valence-electron chi connectivity index (χ2n) is 9.33. The number of carbonyl (C=O) groups excluding carboxylic acids is 1. The molecule has 0 saturated carbocycles. The number of rotatable bonds is 6. The van der Waals surface area contributed by atoms with Gasteiger partial charge >= 0.3 is 0 Å². The van der Waals surface area contributed by atoms with Crippen molar-refractivity contribution < 1.29 is 13.2 Å². The van der Waals surface area contributed by atoms with E-state index in [1.165, 1.54) is 0 Å². The molecule has 1 amide bonds. The van der Waals surface area contributed by atoms with Gasteiger partial charge in [0.1, 0.15) is 11.9 Å². The minimum atomic E-state index is -3.49. The number of benzene rings is 1. The van der Waals surface area contributed by atoms with E-state index in [1.807, 2.05) is 52.9 Å². The first-order valence-corrected chi connectivity index (χ1v) is 14.0. The van der Waals surface area contributed by atoms with Gasteiger partial charge in [-0.3, -0.25) is 4.79 Å². The maximum absolute atomic E-state index is 13.5. The molecule has 2 aliphatic heterocycles. The third-order valence-electron chi connectivity index (χ3n) is 7.22. The third kappa shape index (κ3) is 4.67. The van der Waals surface area contributed by atoms with Gasteiger partial charge in [0.15, 0.2) is 0 Å². The zero-order valence-electron chi connectivity index (χ0n) is 20.2. The molecule has 2 aliphatic rings. The minimum absolute atomic E-state index is 0.107. The molecule has 5 rings (SSSR count). The molecule has 2 aromatic heterocycles. The number of hydrogen-bond donors (Lipinski definition) is 0. The van der Waals surface area contributed by atoms with Gasteiger partial charge in [0, 0.05) is 62.6 Å². The molecule has 186 valence electrons. The van der Waals surface area contributed by atoms with Gasteiger partial charge in [-0.2, -0.15) is 4.31 Å². The highest BCUT2D eigenvalue weighted by Crippen LogP contribution is 2.28. The van der Waals surface area contributed by atoms with Gasteiger partial charge in [0.25, 0.3) is 0 Å². The molecule has 1 atom stereocenters. The predicted octanol–water partition coefficient (Wildman–Crippen LogP) is 3.51. The highest BCUT2D eigenvalue weighted by atomic mass is 32.2. The number of carbonyl (C=O) groups is 1.